The summed E-state index contributed by atoms with van der Waals surface area (Å²) in [5.41, 5.74) is 7.73. The fourth-order valence-corrected chi connectivity index (χ4v) is 3.48. The number of amides is 1. The zero-order chi connectivity index (χ0) is 16.5. The summed E-state index contributed by atoms with van der Waals surface area (Å²) in [5, 5.41) is 5.49. The van der Waals surface area contributed by atoms with E-state index in [-0.39, 0.29) is 11.9 Å². The Balaban J connectivity index is 1.50. The number of aromatic nitrogens is 4. The van der Waals surface area contributed by atoms with Crippen molar-refractivity contribution in [3.63, 3.8) is 0 Å². The van der Waals surface area contributed by atoms with Crippen LogP contribution in [-0.4, -0.2) is 43.6 Å². The van der Waals surface area contributed by atoms with Gasteiger partial charge in [0.05, 0.1) is 6.04 Å². The maximum atomic E-state index is 11.2. The van der Waals surface area contributed by atoms with E-state index in [2.05, 4.69) is 44.2 Å². The van der Waals surface area contributed by atoms with Crippen LogP contribution in [0.1, 0.15) is 35.1 Å². The Morgan fingerprint density at radius 1 is 1.38 bits per heavy atom. The van der Waals surface area contributed by atoms with Crippen molar-refractivity contribution in [3.05, 3.63) is 48.2 Å². The van der Waals surface area contributed by atoms with Crippen molar-refractivity contribution < 1.29 is 4.79 Å². The number of carbonyl (C=O) groups is 1. The molecule has 3 heterocycles. The SMILES string of the molecule is NC(=O)c1ncn([C@@H]2CCCN(Cc3cccc4[nH]ccc34)C2)n1. The van der Waals surface area contributed by atoms with Crippen LogP contribution in [0, 0.1) is 0 Å². The number of nitrogens with zero attached hydrogens (tertiary/aromatic N) is 4. The largest absolute Gasteiger partial charge is 0.363 e. The molecule has 3 N–H and O–H groups in total. The van der Waals surface area contributed by atoms with E-state index in [0.717, 1.165) is 32.5 Å². The van der Waals surface area contributed by atoms with E-state index in [1.165, 1.54) is 16.5 Å². The minimum atomic E-state index is -0.583. The molecular formula is C17H20N6O. The molecule has 2 aromatic heterocycles. The maximum Gasteiger partial charge on any atom is 0.288 e. The third-order valence-corrected chi connectivity index (χ3v) is 4.66. The summed E-state index contributed by atoms with van der Waals surface area (Å²) >= 11 is 0. The van der Waals surface area contributed by atoms with Crippen LogP contribution in [0.4, 0.5) is 0 Å². The Hall–Kier alpha value is -2.67. The number of nitrogens with one attached hydrogen (secondary N) is 1. The number of aromatic amines is 1. The van der Waals surface area contributed by atoms with Crippen molar-refractivity contribution >= 4 is 16.8 Å². The third-order valence-electron chi connectivity index (χ3n) is 4.66. The highest BCUT2D eigenvalue weighted by atomic mass is 16.1. The first-order valence-electron chi connectivity index (χ1n) is 8.19. The Kier molecular flexibility index (Phi) is 3.78. The average molecular weight is 324 g/mol. The van der Waals surface area contributed by atoms with E-state index in [1.807, 2.05) is 6.20 Å². The fraction of sp³-hybridized carbons (Fsp3) is 0.353. The maximum absolute atomic E-state index is 11.2. The number of rotatable bonds is 4. The molecule has 0 aliphatic carbocycles. The first kappa shape index (κ1) is 14.9. The van der Waals surface area contributed by atoms with Gasteiger partial charge in [-0.3, -0.25) is 9.69 Å². The molecule has 0 spiro atoms. The molecule has 0 radical (unpaired) electrons. The van der Waals surface area contributed by atoms with Crippen LogP contribution >= 0.6 is 0 Å². The van der Waals surface area contributed by atoms with E-state index in [1.54, 1.807) is 11.0 Å². The predicted octanol–water partition coefficient (Wildman–Crippen LogP) is 1.70. The van der Waals surface area contributed by atoms with Crippen molar-refractivity contribution in [3.8, 4) is 0 Å². The molecule has 0 saturated carbocycles. The lowest BCUT2D eigenvalue weighted by molar-refractivity contribution is 0.0989. The molecule has 3 aromatic rings. The first-order chi connectivity index (χ1) is 11.7. The molecule has 1 amide bonds. The molecule has 1 aromatic carbocycles. The van der Waals surface area contributed by atoms with Gasteiger partial charge in [-0.25, -0.2) is 9.67 Å². The normalized spacial score (nSPS) is 18.9. The van der Waals surface area contributed by atoms with Crippen molar-refractivity contribution in [1.82, 2.24) is 24.6 Å². The summed E-state index contributed by atoms with van der Waals surface area (Å²) in [6.07, 6.45) is 5.72. The van der Waals surface area contributed by atoms with Crippen molar-refractivity contribution in [2.45, 2.75) is 25.4 Å². The van der Waals surface area contributed by atoms with Gasteiger partial charge in [0.15, 0.2) is 0 Å². The summed E-state index contributed by atoms with van der Waals surface area (Å²) in [4.78, 5) is 20.9. The van der Waals surface area contributed by atoms with E-state index < -0.39 is 5.91 Å². The summed E-state index contributed by atoms with van der Waals surface area (Å²) in [7, 11) is 0. The monoisotopic (exact) mass is 324 g/mol. The number of hydrogen-bond acceptors (Lipinski definition) is 4. The first-order valence-corrected chi connectivity index (χ1v) is 8.19. The highest BCUT2D eigenvalue weighted by Crippen LogP contribution is 2.24. The predicted molar refractivity (Wildman–Crippen MR) is 90.4 cm³/mol. The lowest BCUT2D eigenvalue weighted by atomic mass is 10.0. The van der Waals surface area contributed by atoms with Crippen LogP contribution in [0.15, 0.2) is 36.8 Å². The Morgan fingerprint density at radius 2 is 2.29 bits per heavy atom. The molecule has 0 unspecified atom stereocenters. The molecule has 124 valence electrons. The Bertz CT molecular complexity index is 867. The second kappa shape index (κ2) is 6.09. The zero-order valence-corrected chi connectivity index (χ0v) is 13.4. The molecule has 7 heteroatoms. The number of benzene rings is 1. The van der Waals surface area contributed by atoms with Crippen LogP contribution in [0.25, 0.3) is 10.9 Å². The number of hydrogen-bond donors (Lipinski definition) is 2. The zero-order valence-electron chi connectivity index (χ0n) is 13.4. The van der Waals surface area contributed by atoms with Gasteiger partial charge in [-0.05, 0) is 37.1 Å². The van der Waals surface area contributed by atoms with Crippen LogP contribution in [-0.2, 0) is 6.54 Å². The molecule has 1 aliphatic heterocycles. The van der Waals surface area contributed by atoms with Gasteiger partial charge in [0.1, 0.15) is 6.33 Å². The number of nitrogens with two attached hydrogens (primary N) is 1. The van der Waals surface area contributed by atoms with Gasteiger partial charge in [-0.15, -0.1) is 5.10 Å². The van der Waals surface area contributed by atoms with Crippen molar-refractivity contribution in [2.75, 3.05) is 13.1 Å². The average Bonchev–Trinajstić information content (AvgIpc) is 3.25. The molecule has 7 nitrogen and oxygen atoms in total. The number of piperidine rings is 1. The van der Waals surface area contributed by atoms with Gasteiger partial charge in [0.2, 0.25) is 5.82 Å². The fourth-order valence-electron chi connectivity index (χ4n) is 3.48. The minimum absolute atomic E-state index is 0.0872. The summed E-state index contributed by atoms with van der Waals surface area (Å²) < 4.78 is 1.78. The number of fused-ring (bicyclic) bond motifs is 1. The second-order valence-electron chi connectivity index (χ2n) is 6.30. The lowest BCUT2D eigenvalue weighted by Crippen LogP contribution is -2.36. The van der Waals surface area contributed by atoms with Gasteiger partial charge in [0.25, 0.3) is 5.91 Å². The lowest BCUT2D eigenvalue weighted by Gasteiger charge is -2.32. The molecule has 1 atom stereocenters. The van der Waals surface area contributed by atoms with Crippen molar-refractivity contribution in [2.24, 2.45) is 5.73 Å². The minimum Gasteiger partial charge on any atom is -0.363 e. The van der Waals surface area contributed by atoms with Gasteiger partial charge in [0, 0.05) is 30.2 Å². The van der Waals surface area contributed by atoms with E-state index in [9.17, 15) is 4.79 Å². The summed E-state index contributed by atoms with van der Waals surface area (Å²) in [6.45, 7) is 2.86. The van der Waals surface area contributed by atoms with Crippen LogP contribution in [0.5, 0.6) is 0 Å². The van der Waals surface area contributed by atoms with Gasteiger partial charge in [-0.1, -0.05) is 12.1 Å². The highest BCUT2D eigenvalue weighted by Gasteiger charge is 2.23. The standard InChI is InChI=1S/C17H20N6O/c18-16(24)17-20-11-23(21-17)13-4-2-8-22(10-13)9-12-3-1-5-15-14(12)6-7-19-15/h1,3,5-7,11,13,19H,2,4,8-10H2,(H2,18,24)/t13-/m1/s1. The topological polar surface area (TPSA) is 92.8 Å². The summed E-state index contributed by atoms with van der Waals surface area (Å²) in [6, 6.07) is 8.72. The molecule has 1 saturated heterocycles. The third kappa shape index (κ3) is 2.78. The van der Waals surface area contributed by atoms with Crippen LogP contribution in [0.3, 0.4) is 0 Å². The van der Waals surface area contributed by atoms with Crippen molar-refractivity contribution in [1.29, 1.82) is 0 Å². The molecule has 0 bridgehead atoms. The van der Waals surface area contributed by atoms with E-state index in [0.29, 0.717) is 0 Å². The number of H-pyrrole nitrogens is 1. The Labute approximate surface area is 139 Å². The van der Waals surface area contributed by atoms with E-state index >= 15 is 0 Å². The van der Waals surface area contributed by atoms with Gasteiger partial charge >= 0.3 is 0 Å². The molecule has 24 heavy (non-hydrogen) atoms. The second-order valence-corrected chi connectivity index (χ2v) is 6.30. The molecule has 1 fully saturated rings. The van der Waals surface area contributed by atoms with Gasteiger partial charge < -0.3 is 10.7 Å². The van der Waals surface area contributed by atoms with Gasteiger partial charge in [-0.2, -0.15) is 0 Å². The van der Waals surface area contributed by atoms with Crippen LogP contribution < -0.4 is 5.73 Å². The molecule has 1 aliphatic rings. The number of carbonyl (C=O) groups excluding carboxylic acids is 1. The molecular weight excluding hydrogens is 304 g/mol. The quantitative estimate of drug-likeness (QED) is 0.764. The highest BCUT2D eigenvalue weighted by molar-refractivity contribution is 5.88. The van der Waals surface area contributed by atoms with Crippen LogP contribution in [0.2, 0.25) is 0 Å². The number of primary amides is 1. The summed E-state index contributed by atoms with van der Waals surface area (Å²) in [5.74, 6) is -0.496. The Morgan fingerprint density at radius 3 is 3.12 bits per heavy atom. The molecule has 4 rings (SSSR count). The number of likely N-dealkylation sites (tertiary alicyclic amines) is 1. The van der Waals surface area contributed by atoms with E-state index in [4.69, 9.17) is 5.73 Å². The smallest absolute Gasteiger partial charge is 0.288 e.